The molecule has 0 amide bonds. The third-order valence-corrected chi connectivity index (χ3v) is 3.28. The van der Waals surface area contributed by atoms with Crippen LogP contribution in [0.25, 0.3) is 10.8 Å². The van der Waals surface area contributed by atoms with Crippen molar-refractivity contribution < 1.29 is 4.79 Å². The summed E-state index contributed by atoms with van der Waals surface area (Å²) in [6.07, 6.45) is 0. The van der Waals surface area contributed by atoms with Crippen molar-refractivity contribution in [3.63, 3.8) is 0 Å². The Morgan fingerprint density at radius 3 is 2.25 bits per heavy atom. The van der Waals surface area contributed by atoms with Crippen LogP contribution in [0.3, 0.4) is 0 Å². The summed E-state index contributed by atoms with van der Waals surface area (Å²) < 4.78 is 0. The minimum atomic E-state index is -0.183. The molecule has 0 aromatic heterocycles. The minimum absolute atomic E-state index is 0.172. The first-order chi connectivity index (χ1) is 9.81. The lowest BCUT2D eigenvalue weighted by molar-refractivity contribution is 0.104. The van der Waals surface area contributed by atoms with Crippen LogP contribution in [0.5, 0.6) is 0 Å². The number of fused-ring (bicyclic) bond motifs is 1. The van der Waals surface area contributed by atoms with Gasteiger partial charge in [0.15, 0.2) is 5.78 Å². The number of hydrogen-bond donors (Lipinski definition) is 0. The van der Waals surface area contributed by atoms with E-state index in [1.807, 2.05) is 36.4 Å². The normalized spacial score (nSPS) is 10.4. The van der Waals surface area contributed by atoms with E-state index in [2.05, 4.69) is 5.18 Å². The Balaban J connectivity index is 2.21. The van der Waals surface area contributed by atoms with E-state index in [0.717, 1.165) is 10.8 Å². The Hall–Kier alpha value is -2.81. The molecule has 3 nitrogen and oxygen atoms in total. The zero-order valence-electron chi connectivity index (χ0n) is 10.6. The summed E-state index contributed by atoms with van der Waals surface area (Å²) in [5.41, 5.74) is 1.09. The molecule has 0 saturated carbocycles. The maximum absolute atomic E-state index is 12.6. The van der Waals surface area contributed by atoms with Gasteiger partial charge in [0, 0.05) is 5.56 Å². The lowest BCUT2D eigenvalue weighted by Crippen LogP contribution is -2.02. The van der Waals surface area contributed by atoms with Crippen molar-refractivity contribution in [1.29, 1.82) is 0 Å². The predicted molar refractivity (Wildman–Crippen MR) is 79.3 cm³/mol. The number of benzene rings is 3. The van der Waals surface area contributed by atoms with Crippen LogP contribution in [-0.4, -0.2) is 5.78 Å². The largest absolute Gasteiger partial charge is 0.289 e. The molecule has 0 saturated heterocycles. The fourth-order valence-corrected chi connectivity index (χ4v) is 2.31. The monoisotopic (exact) mass is 261 g/mol. The van der Waals surface area contributed by atoms with Gasteiger partial charge in [0.05, 0.1) is 5.56 Å². The Morgan fingerprint density at radius 2 is 1.40 bits per heavy atom. The maximum Gasteiger partial charge on any atom is 0.195 e. The van der Waals surface area contributed by atoms with E-state index in [9.17, 15) is 9.70 Å². The molecule has 96 valence electrons. The van der Waals surface area contributed by atoms with Crippen molar-refractivity contribution in [2.45, 2.75) is 0 Å². The molecule has 0 unspecified atom stereocenters. The lowest BCUT2D eigenvalue weighted by Gasteiger charge is -2.06. The zero-order chi connectivity index (χ0) is 13.9. The highest BCUT2D eigenvalue weighted by Gasteiger charge is 2.15. The van der Waals surface area contributed by atoms with Gasteiger partial charge in [-0.15, -0.1) is 4.91 Å². The molecule has 0 spiro atoms. The van der Waals surface area contributed by atoms with E-state index < -0.39 is 0 Å². The van der Waals surface area contributed by atoms with E-state index in [1.54, 1.807) is 30.3 Å². The molecule has 3 heteroatoms. The fourth-order valence-electron chi connectivity index (χ4n) is 2.31. The van der Waals surface area contributed by atoms with Crippen molar-refractivity contribution >= 4 is 22.2 Å². The molecule has 0 heterocycles. The van der Waals surface area contributed by atoms with Gasteiger partial charge in [-0.25, -0.2) is 0 Å². The van der Waals surface area contributed by atoms with Crippen LogP contribution < -0.4 is 0 Å². The second-order valence-electron chi connectivity index (χ2n) is 4.46. The van der Waals surface area contributed by atoms with E-state index >= 15 is 0 Å². The van der Waals surface area contributed by atoms with Crippen LogP contribution in [0.15, 0.2) is 71.9 Å². The Bertz CT molecular complexity index is 803. The fraction of sp³-hybridized carbons (Fsp3) is 0. The second-order valence-corrected chi connectivity index (χ2v) is 4.46. The molecule has 20 heavy (non-hydrogen) atoms. The van der Waals surface area contributed by atoms with Crippen molar-refractivity contribution in [2.75, 3.05) is 0 Å². The molecule has 0 aliphatic heterocycles. The highest BCUT2D eigenvalue weighted by atomic mass is 16.3. The van der Waals surface area contributed by atoms with Crippen LogP contribution >= 0.6 is 0 Å². The van der Waals surface area contributed by atoms with E-state index in [-0.39, 0.29) is 11.5 Å². The standard InChI is InChI=1S/C17H11NO2/c19-17(15-9-3-4-11-16(15)18-20)14-10-5-7-12-6-1-2-8-13(12)14/h1-11H. The van der Waals surface area contributed by atoms with Gasteiger partial charge < -0.3 is 0 Å². The summed E-state index contributed by atoms with van der Waals surface area (Å²) in [7, 11) is 0. The molecule has 3 aromatic carbocycles. The van der Waals surface area contributed by atoms with E-state index in [0.29, 0.717) is 11.1 Å². The molecule has 0 bridgehead atoms. The molecule has 3 rings (SSSR count). The third kappa shape index (κ3) is 1.99. The third-order valence-electron chi connectivity index (χ3n) is 3.28. The predicted octanol–water partition coefficient (Wildman–Crippen LogP) is 4.47. The SMILES string of the molecule is O=Nc1ccccc1C(=O)c1cccc2ccccc12. The zero-order valence-corrected chi connectivity index (χ0v) is 10.6. The van der Waals surface area contributed by atoms with E-state index in [4.69, 9.17) is 0 Å². The molecule has 0 aliphatic rings. The second kappa shape index (κ2) is 5.05. The molecule has 0 radical (unpaired) electrons. The molecule has 3 aromatic rings. The molecule has 0 atom stereocenters. The molecular formula is C17H11NO2. The van der Waals surface area contributed by atoms with Crippen molar-refractivity contribution in [3.05, 3.63) is 82.8 Å². The Labute approximate surface area is 115 Å². The van der Waals surface area contributed by atoms with Crippen LogP contribution in [0.2, 0.25) is 0 Å². The quantitative estimate of drug-likeness (QED) is 0.516. The molecule has 0 aliphatic carbocycles. The maximum atomic E-state index is 12.6. The van der Waals surface area contributed by atoms with Crippen LogP contribution in [-0.2, 0) is 0 Å². The highest BCUT2D eigenvalue weighted by molar-refractivity contribution is 6.18. The number of carbonyl (C=O) groups is 1. The number of nitrogens with zero attached hydrogens (tertiary/aromatic N) is 1. The summed E-state index contributed by atoms with van der Waals surface area (Å²) in [5.74, 6) is -0.183. The van der Waals surface area contributed by atoms with Crippen molar-refractivity contribution in [3.8, 4) is 0 Å². The number of nitroso groups, excluding NO2 is 1. The lowest BCUT2D eigenvalue weighted by atomic mass is 9.96. The van der Waals surface area contributed by atoms with Gasteiger partial charge in [0.1, 0.15) is 5.69 Å². The van der Waals surface area contributed by atoms with Crippen molar-refractivity contribution in [2.24, 2.45) is 5.18 Å². The number of ketones is 1. The molecular weight excluding hydrogens is 250 g/mol. The van der Waals surface area contributed by atoms with Crippen LogP contribution in [0.4, 0.5) is 5.69 Å². The smallest absolute Gasteiger partial charge is 0.195 e. The van der Waals surface area contributed by atoms with Gasteiger partial charge in [-0.3, -0.25) is 4.79 Å². The van der Waals surface area contributed by atoms with Crippen molar-refractivity contribution in [1.82, 2.24) is 0 Å². The Morgan fingerprint density at radius 1 is 0.750 bits per heavy atom. The average molecular weight is 261 g/mol. The minimum Gasteiger partial charge on any atom is -0.289 e. The number of rotatable bonds is 3. The summed E-state index contributed by atoms with van der Waals surface area (Å²) in [4.78, 5) is 23.5. The van der Waals surface area contributed by atoms with Gasteiger partial charge in [0.2, 0.25) is 0 Å². The Kier molecular flexibility index (Phi) is 3.09. The first kappa shape index (κ1) is 12.2. The summed E-state index contributed by atoms with van der Waals surface area (Å²) in [6, 6.07) is 19.8. The first-order valence-corrected chi connectivity index (χ1v) is 6.26. The van der Waals surface area contributed by atoms with Gasteiger partial charge in [-0.2, -0.15) is 0 Å². The average Bonchev–Trinajstić information content (AvgIpc) is 2.53. The van der Waals surface area contributed by atoms with Crippen LogP contribution in [0.1, 0.15) is 15.9 Å². The van der Waals surface area contributed by atoms with Gasteiger partial charge in [0.25, 0.3) is 0 Å². The molecule has 0 fully saturated rings. The van der Waals surface area contributed by atoms with E-state index in [1.165, 1.54) is 0 Å². The summed E-state index contributed by atoms with van der Waals surface area (Å²) in [6.45, 7) is 0. The topological polar surface area (TPSA) is 46.5 Å². The number of hydrogen-bond acceptors (Lipinski definition) is 3. The number of carbonyl (C=O) groups excluding carboxylic acids is 1. The highest BCUT2D eigenvalue weighted by Crippen LogP contribution is 2.25. The van der Waals surface area contributed by atoms with Crippen LogP contribution in [0, 0.1) is 4.91 Å². The first-order valence-electron chi connectivity index (χ1n) is 6.26. The molecule has 0 N–H and O–H groups in total. The van der Waals surface area contributed by atoms with Gasteiger partial charge in [-0.05, 0) is 28.1 Å². The van der Waals surface area contributed by atoms with Gasteiger partial charge >= 0.3 is 0 Å². The summed E-state index contributed by atoms with van der Waals surface area (Å²) >= 11 is 0. The van der Waals surface area contributed by atoms with Gasteiger partial charge in [-0.1, -0.05) is 54.6 Å². The summed E-state index contributed by atoms with van der Waals surface area (Å²) in [5, 5.41) is 4.80.